The molecule has 1 saturated heterocycles. The van der Waals surface area contributed by atoms with Gasteiger partial charge in [-0.2, -0.15) is 0 Å². The number of nitrogens with one attached hydrogen (secondary N) is 1. The molecule has 1 saturated carbocycles. The molecule has 0 amide bonds. The van der Waals surface area contributed by atoms with E-state index in [1.807, 2.05) is 7.05 Å². The van der Waals surface area contributed by atoms with Crippen LogP contribution in [0.4, 0.5) is 0 Å². The lowest BCUT2D eigenvalue weighted by atomic mass is 9.70. The van der Waals surface area contributed by atoms with Gasteiger partial charge in [0.1, 0.15) is 0 Å². The standard InChI is InChI=1S/C13H26N2O2/c1-14-11-4-5-13(9-16,10-17)8-12(11)15-6-2-3-7-15/h11-12,14,16-17H,2-10H2,1H3/t11-,12-/m1/s1. The molecule has 2 atom stereocenters. The normalized spacial score (nSPS) is 34.1. The summed E-state index contributed by atoms with van der Waals surface area (Å²) in [5, 5.41) is 22.5. The van der Waals surface area contributed by atoms with Crippen LogP contribution in [-0.4, -0.2) is 60.5 Å². The first-order valence-electron chi connectivity index (χ1n) is 6.88. The second kappa shape index (κ2) is 5.65. The van der Waals surface area contributed by atoms with E-state index in [-0.39, 0.29) is 18.6 Å². The van der Waals surface area contributed by atoms with Gasteiger partial charge in [-0.15, -0.1) is 0 Å². The van der Waals surface area contributed by atoms with Crippen molar-refractivity contribution in [3.05, 3.63) is 0 Å². The van der Waals surface area contributed by atoms with Crippen LogP contribution in [0.1, 0.15) is 32.1 Å². The monoisotopic (exact) mass is 242 g/mol. The number of likely N-dealkylation sites (tertiary alicyclic amines) is 1. The Bertz CT molecular complexity index is 236. The predicted octanol–water partition coefficient (Wildman–Crippen LogP) is 0.194. The minimum Gasteiger partial charge on any atom is -0.396 e. The van der Waals surface area contributed by atoms with Crippen molar-refractivity contribution in [3.63, 3.8) is 0 Å². The first kappa shape index (κ1) is 13.3. The quantitative estimate of drug-likeness (QED) is 0.659. The Hall–Kier alpha value is -0.160. The Morgan fingerprint density at radius 3 is 2.41 bits per heavy atom. The number of likely N-dealkylation sites (N-methyl/N-ethyl adjacent to an activating group) is 1. The van der Waals surface area contributed by atoms with Crippen molar-refractivity contribution in [3.8, 4) is 0 Å². The molecule has 2 aliphatic rings. The van der Waals surface area contributed by atoms with Crippen molar-refractivity contribution in [1.29, 1.82) is 0 Å². The molecule has 1 aliphatic carbocycles. The van der Waals surface area contributed by atoms with E-state index >= 15 is 0 Å². The molecule has 0 aromatic heterocycles. The molecular weight excluding hydrogens is 216 g/mol. The Labute approximate surface area is 104 Å². The van der Waals surface area contributed by atoms with Crippen molar-refractivity contribution >= 4 is 0 Å². The molecule has 0 bridgehead atoms. The molecule has 0 aromatic carbocycles. The molecule has 0 aromatic rings. The van der Waals surface area contributed by atoms with E-state index in [1.54, 1.807) is 0 Å². The van der Waals surface area contributed by atoms with Gasteiger partial charge in [-0.1, -0.05) is 0 Å². The average Bonchev–Trinajstić information content (AvgIpc) is 2.92. The SMILES string of the molecule is CN[C@@H]1CCC(CO)(CO)C[C@H]1N1CCCC1. The number of nitrogens with zero attached hydrogens (tertiary/aromatic N) is 1. The van der Waals surface area contributed by atoms with Crippen LogP contribution in [0.5, 0.6) is 0 Å². The number of aliphatic hydroxyl groups excluding tert-OH is 2. The molecule has 4 nitrogen and oxygen atoms in total. The second-order valence-corrected chi connectivity index (χ2v) is 5.76. The van der Waals surface area contributed by atoms with Crippen molar-refractivity contribution in [1.82, 2.24) is 10.2 Å². The molecule has 0 unspecified atom stereocenters. The second-order valence-electron chi connectivity index (χ2n) is 5.76. The van der Waals surface area contributed by atoms with Gasteiger partial charge in [0.2, 0.25) is 0 Å². The number of hydrogen-bond donors (Lipinski definition) is 3. The molecular formula is C13H26N2O2. The maximum absolute atomic E-state index is 9.56. The maximum atomic E-state index is 9.56. The first-order chi connectivity index (χ1) is 8.24. The Kier molecular flexibility index (Phi) is 4.42. The summed E-state index contributed by atoms with van der Waals surface area (Å²) in [6, 6.07) is 0.995. The zero-order valence-corrected chi connectivity index (χ0v) is 10.9. The predicted molar refractivity (Wildman–Crippen MR) is 67.9 cm³/mol. The van der Waals surface area contributed by atoms with E-state index in [9.17, 15) is 10.2 Å². The summed E-state index contributed by atoms with van der Waals surface area (Å²) in [6.07, 6.45) is 5.48. The molecule has 100 valence electrons. The van der Waals surface area contributed by atoms with E-state index in [1.165, 1.54) is 25.9 Å². The fourth-order valence-electron chi connectivity index (χ4n) is 3.47. The third-order valence-corrected chi connectivity index (χ3v) is 4.74. The molecule has 17 heavy (non-hydrogen) atoms. The van der Waals surface area contributed by atoms with Crippen LogP contribution in [0.3, 0.4) is 0 Å². The van der Waals surface area contributed by atoms with Crippen LogP contribution in [0.2, 0.25) is 0 Å². The summed E-state index contributed by atoms with van der Waals surface area (Å²) >= 11 is 0. The van der Waals surface area contributed by atoms with Crippen LogP contribution in [0, 0.1) is 5.41 Å². The highest BCUT2D eigenvalue weighted by Gasteiger charge is 2.42. The summed E-state index contributed by atoms with van der Waals surface area (Å²) in [7, 11) is 2.03. The molecule has 2 rings (SSSR count). The van der Waals surface area contributed by atoms with E-state index in [2.05, 4.69) is 10.2 Å². The molecule has 0 radical (unpaired) electrons. The van der Waals surface area contributed by atoms with Gasteiger partial charge >= 0.3 is 0 Å². The first-order valence-corrected chi connectivity index (χ1v) is 6.88. The average molecular weight is 242 g/mol. The fourth-order valence-corrected chi connectivity index (χ4v) is 3.47. The lowest BCUT2D eigenvalue weighted by Gasteiger charge is -2.46. The third kappa shape index (κ3) is 2.65. The van der Waals surface area contributed by atoms with Gasteiger partial charge in [-0.25, -0.2) is 0 Å². The number of rotatable bonds is 4. The molecule has 1 heterocycles. The lowest BCUT2D eigenvalue weighted by molar-refractivity contribution is -0.0185. The maximum Gasteiger partial charge on any atom is 0.0510 e. The van der Waals surface area contributed by atoms with Crippen LogP contribution >= 0.6 is 0 Å². The topological polar surface area (TPSA) is 55.7 Å². The van der Waals surface area contributed by atoms with Crippen LogP contribution in [0.25, 0.3) is 0 Å². The lowest BCUT2D eigenvalue weighted by Crippen LogP contribution is -2.55. The van der Waals surface area contributed by atoms with E-state index in [4.69, 9.17) is 0 Å². The van der Waals surface area contributed by atoms with Crippen LogP contribution in [-0.2, 0) is 0 Å². The van der Waals surface area contributed by atoms with E-state index in [0.717, 1.165) is 19.3 Å². The number of aliphatic hydroxyl groups is 2. The van der Waals surface area contributed by atoms with Gasteiger partial charge in [0, 0.05) is 17.5 Å². The Morgan fingerprint density at radius 2 is 1.88 bits per heavy atom. The van der Waals surface area contributed by atoms with Crippen molar-refractivity contribution < 1.29 is 10.2 Å². The highest BCUT2D eigenvalue weighted by atomic mass is 16.3. The van der Waals surface area contributed by atoms with E-state index < -0.39 is 0 Å². The Balaban J connectivity index is 2.07. The summed E-state index contributed by atoms with van der Waals surface area (Å²) in [5.41, 5.74) is -0.249. The zero-order valence-electron chi connectivity index (χ0n) is 10.9. The molecule has 1 aliphatic heterocycles. The van der Waals surface area contributed by atoms with Gasteiger partial charge in [0.05, 0.1) is 13.2 Å². The summed E-state index contributed by atoms with van der Waals surface area (Å²) in [6.45, 7) is 2.58. The Morgan fingerprint density at radius 1 is 1.24 bits per heavy atom. The minimum absolute atomic E-state index is 0.115. The summed E-state index contributed by atoms with van der Waals surface area (Å²) in [4.78, 5) is 2.54. The minimum atomic E-state index is -0.249. The fraction of sp³-hybridized carbons (Fsp3) is 1.00. The van der Waals surface area contributed by atoms with Gasteiger partial charge < -0.3 is 15.5 Å². The van der Waals surface area contributed by atoms with Crippen LogP contribution in [0.15, 0.2) is 0 Å². The van der Waals surface area contributed by atoms with Gasteiger partial charge in [0.25, 0.3) is 0 Å². The van der Waals surface area contributed by atoms with Crippen molar-refractivity contribution in [2.45, 2.75) is 44.2 Å². The molecule has 2 fully saturated rings. The van der Waals surface area contributed by atoms with Crippen LogP contribution < -0.4 is 5.32 Å². The number of hydrogen-bond acceptors (Lipinski definition) is 4. The smallest absolute Gasteiger partial charge is 0.0510 e. The van der Waals surface area contributed by atoms with Gasteiger partial charge in [0.15, 0.2) is 0 Å². The summed E-state index contributed by atoms with van der Waals surface area (Å²) in [5.74, 6) is 0. The van der Waals surface area contributed by atoms with Gasteiger partial charge in [-0.05, 0) is 52.2 Å². The zero-order chi connectivity index (χ0) is 12.3. The van der Waals surface area contributed by atoms with Crippen molar-refractivity contribution in [2.24, 2.45) is 5.41 Å². The highest BCUT2D eigenvalue weighted by molar-refractivity contribution is 4.97. The molecule has 0 spiro atoms. The summed E-state index contributed by atoms with van der Waals surface area (Å²) < 4.78 is 0. The van der Waals surface area contributed by atoms with Crippen molar-refractivity contribution in [2.75, 3.05) is 33.4 Å². The van der Waals surface area contributed by atoms with Gasteiger partial charge in [-0.3, -0.25) is 4.90 Å². The molecule has 4 heteroatoms. The largest absolute Gasteiger partial charge is 0.396 e. The highest BCUT2D eigenvalue weighted by Crippen LogP contribution is 2.38. The third-order valence-electron chi connectivity index (χ3n) is 4.74. The van der Waals surface area contributed by atoms with E-state index in [0.29, 0.717) is 12.1 Å². The molecule has 3 N–H and O–H groups in total.